The van der Waals surface area contributed by atoms with Gasteiger partial charge in [0.1, 0.15) is 11.6 Å². The quantitative estimate of drug-likeness (QED) is 0.849. The molecule has 0 radical (unpaired) electrons. The van der Waals surface area contributed by atoms with Crippen molar-refractivity contribution < 1.29 is 18.7 Å². The molecule has 0 bridgehead atoms. The number of benzene rings is 1. The molecule has 2 N–H and O–H groups in total. The van der Waals surface area contributed by atoms with Gasteiger partial charge in [0.2, 0.25) is 5.91 Å². The minimum atomic E-state index is -0.408. The van der Waals surface area contributed by atoms with Crippen molar-refractivity contribution in [2.24, 2.45) is 11.8 Å². The van der Waals surface area contributed by atoms with Crippen molar-refractivity contribution in [3.8, 4) is 5.75 Å². The summed E-state index contributed by atoms with van der Waals surface area (Å²) in [5, 5.41) is 5.68. The van der Waals surface area contributed by atoms with Gasteiger partial charge in [-0.15, -0.1) is 0 Å². The van der Waals surface area contributed by atoms with E-state index in [9.17, 15) is 14.0 Å². The minimum Gasteiger partial charge on any atom is -0.491 e. The number of halogens is 1. The molecule has 0 unspecified atom stereocenters. The van der Waals surface area contributed by atoms with Crippen molar-refractivity contribution in [1.29, 1.82) is 0 Å². The first kappa shape index (κ1) is 18.5. The number of urea groups is 1. The van der Waals surface area contributed by atoms with Crippen molar-refractivity contribution >= 4 is 17.6 Å². The lowest BCUT2D eigenvalue weighted by Crippen LogP contribution is -2.49. The smallest absolute Gasteiger partial charge is 0.317 e. The van der Waals surface area contributed by atoms with Crippen LogP contribution in [0.1, 0.15) is 32.6 Å². The van der Waals surface area contributed by atoms with Gasteiger partial charge in [-0.3, -0.25) is 4.79 Å². The molecule has 1 fully saturated rings. The van der Waals surface area contributed by atoms with Gasteiger partial charge in [0, 0.05) is 32.1 Å². The van der Waals surface area contributed by atoms with E-state index in [4.69, 9.17) is 4.74 Å². The number of hydrogen-bond donors (Lipinski definition) is 2. The van der Waals surface area contributed by atoms with E-state index in [2.05, 4.69) is 10.6 Å². The van der Waals surface area contributed by atoms with Crippen LogP contribution in [0.2, 0.25) is 0 Å². The van der Waals surface area contributed by atoms with Gasteiger partial charge in [-0.05, 0) is 43.2 Å². The summed E-state index contributed by atoms with van der Waals surface area (Å²) in [6, 6.07) is 4.11. The molecule has 2 aliphatic heterocycles. The summed E-state index contributed by atoms with van der Waals surface area (Å²) in [4.78, 5) is 26.5. The Labute approximate surface area is 153 Å². The van der Waals surface area contributed by atoms with E-state index < -0.39 is 5.82 Å². The Morgan fingerprint density at radius 3 is 3.04 bits per heavy atom. The molecule has 142 valence electrons. The van der Waals surface area contributed by atoms with Crippen molar-refractivity contribution in [1.82, 2.24) is 10.2 Å². The van der Waals surface area contributed by atoms with Gasteiger partial charge in [-0.25, -0.2) is 9.18 Å². The predicted octanol–water partition coefficient (Wildman–Crippen LogP) is 2.99. The highest BCUT2D eigenvalue weighted by atomic mass is 19.1. The molecule has 26 heavy (non-hydrogen) atoms. The average Bonchev–Trinajstić information content (AvgIpc) is 2.62. The number of carbonyl (C=O) groups excluding carboxylic acids is 2. The molecule has 0 spiro atoms. The van der Waals surface area contributed by atoms with Gasteiger partial charge in [-0.1, -0.05) is 6.92 Å². The number of likely N-dealkylation sites (tertiary alicyclic amines) is 1. The van der Waals surface area contributed by atoms with Gasteiger partial charge in [-0.2, -0.15) is 0 Å². The summed E-state index contributed by atoms with van der Waals surface area (Å²) in [7, 11) is 0. The lowest BCUT2D eigenvalue weighted by atomic mass is 9.81. The molecular formula is C19H26FN3O3. The van der Waals surface area contributed by atoms with E-state index in [1.165, 1.54) is 18.2 Å². The topological polar surface area (TPSA) is 70.7 Å². The molecule has 0 aromatic heterocycles. The number of rotatable bonds is 2. The molecule has 1 aromatic carbocycles. The lowest BCUT2D eigenvalue weighted by Gasteiger charge is -2.39. The molecule has 7 heteroatoms. The maximum Gasteiger partial charge on any atom is 0.317 e. The Balaban J connectivity index is 1.69. The van der Waals surface area contributed by atoms with Crippen molar-refractivity contribution in [2.45, 2.75) is 32.6 Å². The Kier molecular flexibility index (Phi) is 5.96. The zero-order valence-corrected chi connectivity index (χ0v) is 15.1. The first-order valence-corrected chi connectivity index (χ1v) is 9.31. The van der Waals surface area contributed by atoms with Gasteiger partial charge in [0.15, 0.2) is 0 Å². The third-order valence-corrected chi connectivity index (χ3v) is 5.11. The van der Waals surface area contributed by atoms with Crippen molar-refractivity contribution in [3.05, 3.63) is 24.0 Å². The summed E-state index contributed by atoms with van der Waals surface area (Å²) in [5.74, 6) is 0.342. The monoisotopic (exact) mass is 363 g/mol. The summed E-state index contributed by atoms with van der Waals surface area (Å²) in [6.07, 6.45) is 2.82. The summed E-state index contributed by atoms with van der Waals surface area (Å²) in [6.45, 7) is 4.44. The molecule has 6 nitrogen and oxygen atoms in total. The lowest BCUT2D eigenvalue weighted by molar-refractivity contribution is -0.118. The number of carbonyl (C=O) groups is 2. The molecular weight excluding hydrogens is 337 g/mol. The summed E-state index contributed by atoms with van der Waals surface area (Å²) in [5.41, 5.74) is 0.379. The van der Waals surface area contributed by atoms with Gasteiger partial charge < -0.3 is 20.3 Å². The molecule has 3 amide bonds. The number of nitrogens with zero attached hydrogens (tertiary/aromatic N) is 1. The molecule has 0 saturated carbocycles. The molecule has 3 rings (SSSR count). The van der Waals surface area contributed by atoms with Crippen LogP contribution in [-0.2, 0) is 4.79 Å². The van der Waals surface area contributed by atoms with Crippen LogP contribution in [0.4, 0.5) is 14.9 Å². The Morgan fingerprint density at radius 2 is 2.23 bits per heavy atom. The first-order chi connectivity index (χ1) is 12.6. The number of amides is 3. The predicted molar refractivity (Wildman–Crippen MR) is 96.6 cm³/mol. The number of hydrogen-bond acceptors (Lipinski definition) is 3. The molecule has 2 aliphatic rings. The standard InChI is InChI=1S/C19H26FN3O3/c1-2-7-21-19(25)23-8-5-13-10-18(24)22-16-11-15(20)3-4-17(16)26-9-6-14(13)12-23/h3-4,11,13-14H,2,5-10,12H2,1H3,(H,21,25)(H,22,24)/t13-,14-/m0/s1. The highest BCUT2D eigenvalue weighted by molar-refractivity contribution is 5.92. The number of piperidine rings is 1. The van der Waals surface area contributed by atoms with Crippen LogP contribution in [0.3, 0.4) is 0 Å². The van der Waals surface area contributed by atoms with E-state index in [0.717, 1.165) is 19.3 Å². The van der Waals surface area contributed by atoms with Gasteiger partial charge in [0.05, 0.1) is 12.3 Å². The first-order valence-electron chi connectivity index (χ1n) is 9.31. The van der Waals surface area contributed by atoms with Gasteiger partial charge in [0.25, 0.3) is 0 Å². The van der Waals surface area contributed by atoms with Crippen molar-refractivity contribution in [2.75, 3.05) is 31.6 Å². The fourth-order valence-electron chi connectivity index (χ4n) is 3.69. The Morgan fingerprint density at radius 1 is 1.38 bits per heavy atom. The molecule has 2 atom stereocenters. The number of fused-ring (bicyclic) bond motifs is 2. The second-order valence-electron chi connectivity index (χ2n) is 7.02. The summed E-state index contributed by atoms with van der Waals surface area (Å²) >= 11 is 0. The third kappa shape index (κ3) is 4.45. The molecule has 2 heterocycles. The zero-order valence-electron chi connectivity index (χ0n) is 15.1. The van der Waals surface area contributed by atoms with E-state index in [1.807, 2.05) is 11.8 Å². The highest BCUT2D eigenvalue weighted by Gasteiger charge is 2.33. The fourth-order valence-corrected chi connectivity index (χ4v) is 3.69. The Bertz CT molecular complexity index is 667. The normalized spacial score (nSPS) is 23.2. The molecule has 0 aliphatic carbocycles. The maximum atomic E-state index is 13.5. The van der Waals surface area contributed by atoms with E-state index in [0.29, 0.717) is 44.1 Å². The molecule has 1 aromatic rings. The largest absolute Gasteiger partial charge is 0.491 e. The SMILES string of the molecule is CCCNC(=O)N1CC[C@H]2CC(=O)Nc3cc(F)ccc3OCC[C@H]2C1. The second-order valence-corrected chi connectivity index (χ2v) is 7.02. The summed E-state index contributed by atoms with van der Waals surface area (Å²) < 4.78 is 19.2. The van der Waals surface area contributed by atoms with Crippen LogP contribution in [-0.4, -0.2) is 43.1 Å². The van der Waals surface area contributed by atoms with Crippen LogP contribution < -0.4 is 15.4 Å². The van der Waals surface area contributed by atoms with Crippen LogP contribution in [0.15, 0.2) is 18.2 Å². The van der Waals surface area contributed by atoms with E-state index in [-0.39, 0.29) is 23.8 Å². The van der Waals surface area contributed by atoms with E-state index >= 15 is 0 Å². The second kappa shape index (κ2) is 8.38. The van der Waals surface area contributed by atoms with Gasteiger partial charge >= 0.3 is 6.03 Å². The molecule has 1 saturated heterocycles. The van der Waals surface area contributed by atoms with Crippen LogP contribution >= 0.6 is 0 Å². The fraction of sp³-hybridized carbons (Fsp3) is 0.579. The van der Waals surface area contributed by atoms with Crippen LogP contribution in [0.25, 0.3) is 0 Å². The zero-order chi connectivity index (χ0) is 18.5. The number of nitrogens with one attached hydrogen (secondary N) is 2. The minimum absolute atomic E-state index is 0.0337. The van der Waals surface area contributed by atoms with Crippen LogP contribution in [0, 0.1) is 17.7 Å². The third-order valence-electron chi connectivity index (χ3n) is 5.11. The number of anilines is 1. The van der Waals surface area contributed by atoms with Crippen molar-refractivity contribution in [3.63, 3.8) is 0 Å². The Hall–Kier alpha value is -2.31. The number of ether oxygens (including phenoxy) is 1. The highest BCUT2D eigenvalue weighted by Crippen LogP contribution is 2.33. The van der Waals surface area contributed by atoms with Crippen LogP contribution in [0.5, 0.6) is 5.75 Å². The van der Waals surface area contributed by atoms with E-state index in [1.54, 1.807) is 0 Å². The maximum absolute atomic E-state index is 13.5. The average molecular weight is 363 g/mol.